The smallest absolute Gasteiger partial charge is 0.305 e. The van der Waals surface area contributed by atoms with Crippen LogP contribution < -0.4 is 10.5 Å². The van der Waals surface area contributed by atoms with Gasteiger partial charge in [0.25, 0.3) is 11.5 Å². The lowest BCUT2D eigenvalue weighted by atomic mass is 10.2. The summed E-state index contributed by atoms with van der Waals surface area (Å²) in [5.74, 6) is -0.857. The predicted molar refractivity (Wildman–Crippen MR) is 131 cm³/mol. The summed E-state index contributed by atoms with van der Waals surface area (Å²) in [6.07, 6.45) is 4.84. The van der Waals surface area contributed by atoms with Crippen LogP contribution in [0.3, 0.4) is 0 Å². The topological polar surface area (TPSA) is 95.2 Å². The molecule has 0 unspecified atom stereocenters. The molecular weight excluding hydrogens is 448 g/mol. The van der Waals surface area contributed by atoms with Gasteiger partial charge in [-0.2, -0.15) is 0 Å². The molecule has 0 aliphatic carbocycles. The number of aliphatic carboxylic acids is 1. The average Bonchev–Trinajstić information content (AvgIpc) is 3.01. The monoisotopic (exact) mass is 474 g/mol. The first-order valence-electron chi connectivity index (χ1n) is 10.5. The van der Waals surface area contributed by atoms with E-state index in [0.29, 0.717) is 21.9 Å². The number of carbonyl (C=O) groups is 2. The second-order valence-electron chi connectivity index (χ2n) is 7.55. The van der Waals surface area contributed by atoms with E-state index in [1.54, 1.807) is 12.3 Å². The number of carbonyl (C=O) groups excluding carboxylic acids is 1. The third kappa shape index (κ3) is 5.02. The maximum Gasteiger partial charge on any atom is 0.305 e. The maximum absolute atomic E-state index is 13.5. The van der Waals surface area contributed by atoms with Crippen molar-refractivity contribution in [2.24, 2.45) is 0 Å². The van der Waals surface area contributed by atoms with Crippen LogP contribution in [0.4, 0.5) is 5.82 Å². The summed E-state index contributed by atoms with van der Waals surface area (Å²) in [5, 5.41) is 8.94. The number of pyridine rings is 1. The molecule has 3 rings (SSSR count). The summed E-state index contributed by atoms with van der Waals surface area (Å²) < 4.78 is 1.78. The Balaban J connectivity index is 2.15. The minimum atomic E-state index is -1.01. The van der Waals surface area contributed by atoms with Gasteiger partial charge in [0, 0.05) is 25.8 Å². The van der Waals surface area contributed by atoms with Gasteiger partial charge in [0.1, 0.15) is 15.8 Å². The van der Waals surface area contributed by atoms with Crippen LogP contribution in [0.1, 0.15) is 44.2 Å². The van der Waals surface area contributed by atoms with Crippen LogP contribution in [0, 0.1) is 6.92 Å². The summed E-state index contributed by atoms with van der Waals surface area (Å²) in [5.41, 5.74) is 1.52. The summed E-state index contributed by atoms with van der Waals surface area (Å²) in [6.45, 7) is 7.47. The van der Waals surface area contributed by atoms with Crippen molar-refractivity contribution in [1.82, 2.24) is 14.3 Å². The number of aryl methyl sites for hydroxylation is 1. The third-order valence-corrected chi connectivity index (χ3v) is 6.35. The number of carboxylic acid groups (broad SMARTS) is 1. The van der Waals surface area contributed by atoms with E-state index in [-0.39, 0.29) is 22.8 Å². The molecule has 1 aliphatic heterocycles. The lowest BCUT2D eigenvalue weighted by Crippen LogP contribution is -2.31. The second kappa shape index (κ2) is 10.3. The van der Waals surface area contributed by atoms with Crippen LogP contribution in [0.2, 0.25) is 0 Å². The van der Waals surface area contributed by atoms with Crippen LogP contribution in [0.25, 0.3) is 11.7 Å². The molecule has 8 nitrogen and oxygen atoms in total. The molecule has 0 spiro atoms. The molecule has 0 atom stereocenters. The van der Waals surface area contributed by atoms with E-state index in [0.717, 1.165) is 43.3 Å². The van der Waals surface area contributed by atoms with Crippen LogP contribution in [0.5, 0.6) is 0 Å². The first-order valence-corrected chi connectivity index (χ1v) is 11.7. The van der Waals surface area contributed by atoms with Crippen molar-refractivity contribution < 1.29 is 14.7 Å². The Labute approximate surface area is 195 Å². The van der Waals surface area contributed by atoms with Gasteiger partial charge in [-0.05, 0) is 37.5 Å². The molecule has 1 amide bonds. The number of hydrogen-bond donors (Lipinski definition) is 1. The molecule has 170 valence electrons. The summed E-state index contributed by atoms with van der Waals surface area (Å²) in [4.78, 5) is 45.7. The van der Waals surface area contributed by atoms with Crippen molar-refractivity contribution in [2.45, 2.75) is 40.0 Å². The van der Waals surface area contributed by atoms with Gasteiger partial charge in [0.05, 0.1) is 16.9 Å². The van der Waals surface area contributed by atoms with Crippen LogP contribution >= 0.6 is 24.0 Å². The fraction of sp³-hybridized carbons (Fsp3) is 0.409. The van der Waals surface area contributed by atoms with E-state index >= 15 is 0 Å². The number of thioether (sulfide) groups is 1. The Kier molecular flexibility index (Phi) is 7.68. The molecule has 10 heteroatoms. The van der Waals surface area contributed by atoms with Crippen molar-refractivity contribution in [3.63, 3.8) is 0 Å². The largest absolute Gasteiger partial charge is 0.481 e. The number of nitrogens with zero attached hydrogens (tertiary/aromatic N) is 4. The zero-order chi connectivity index (χ0) is 23.4. The Morgan fingerprint density at radius 3 is 2.56 bits per heavy atom. The van der Waals surface area contributed by atoms with Crippen molar-refractivity contribution in [3.8, 4) is 0 Å². The quantitative estimate of drug-likeness (QED) is 0.437. The van der Waals surface area contributed by atoms with E-state index in [9.17, 15) is 14.4 Å². The van der Waals surface area contributed by atoms with Gasteiger partial charge >= 0.3 is 5.97 Å². The van der Waals surface area contributed by atoms with E-state index in [2.05, 4.69) is 18.7 Å². The Bertz CT molecular complexity index is 1150. The first kappa shape index (κ1) is 23.9. The van der Waals surface area contributed by atoms with Crippen molar-refractivity contribution >= 4 is 57.7 Å². The highest BCUT2D eigenvalue weighted by molar-refractivity contribution is 8.26. The highest BCUT2D eigenvalue weighted by Gasteiger charge is 2.33. The molecule has 0 saturated carbocycles. The molecule has 3 heterocycles. The fourth-order valence-corrected chi connectivity index (χ4v) is 4.80. The zero-order valence-corrected chi connectivity index (χ0v) is 20.0. The Hall–Kier alpha value is -2.72. The van der Waals surface area contributed by atoms with Gasteiger partial charge in [-0.15, -0.1) is 0 Å². The number of fused-ring (bicyclic) bond motifs is 1. The highest BCUT2D eigenvalue weighted by Crippen LogP contribution is 2.33. The molecule has 32 heavy (non-hydrogen) atoms. The molecule has 0 bridgehead atoms. The molecule has 0 radical (unpaired) electrons. The molecule has 1 fully saturated rings. The first-order chi connectivity index (χ1) is 15.3. The molecular formula is C22H26N4O4S2. The molecule has 0 aromatic carbocycles. The molecule has 2 aromatic rings. The van der Waals surface area contributed by atoms with Gasteiger partial charge in [0.2, 0.25) is 0 Å². The van der Waals surface area contributed by atoms with E-state index in [4.69, 9.17) is 22.3 Å². The SMILES string of the molecule is CCCN(CCC)c1nc2ccc(C)cn2c(=O)c1C=C1SC(=S)N(CCC(=O)O)C1=O. The van der Waals surface area contributed by atoms with Gasteiger partial charge in [-0.3, -0.25) is 23.7 Å². The normalized spacial score (nSPS) is 15.2. The van der Waals surface area contributed by atoms with E-state index < -0.39 is 11.9 Å². The maximum atomic E-state index is 13.5. The highest BCUT2D eigenvalue weighted by atomic mass is 32.2. The number of thiocarbonyl (C=S) groups is 1. The summed E-state index contributed by atoms with van der Waals surface area (Å²) in [7, 11) is 0. The average molecular weight is 475 g/mol. The number of amides is 1. The van der Waals surface area contributed by atoms with E-state index in [1.165, 1.54) is 9.30 Å². The predicted octanol–water partition coefficient (Wildman–Crippen LogP) is 3.31. The van der Waals surface area contributed by atoms with Crippen LogP contribution in [-0.4, -0.2) is 55.2 Å². The molecule has 1 aliphatic rings. The number of rotatable bonds is 9. The minimum Gasteiger partial charge on any atom is -0.481 e. The summed E-state index contributed by atoms with van der Waals surface area (Å²) >= 11 is 6.36. The van der Waals surface area contributed by atoms with Crippen molar-refractivity contribution in [2.75, 3.05) is 24.5 Å². The van der Waals surface area contributed by atoms with Crippen LogP contribution in [-0.2, 0) is 9.59 Å². The molecule has 2 aromatic heterocycles. The molecule has 1 saturated heterocycles. The third-order valence-electron chi connectivity index (χ3n) is 4.97. The Morgan fingerprint density at radius 1 is 1.25 bits per heavy atom. The Morgan fingerprint density at radius 2 is 1.94 bits per heavy atom. The lowest BCUT2D eigenvalue weighted by Gasteiger charge is -2.24. The summed E-state index contributed by atoms with van der Waals surface area (Å²) in [6, 6.07) is 3.72. The number of carboxylic acids is 1. The second-order valence-corrected chi connectivity index (χ2v) is 9.23. The van der Waals surface area contributed by atoms with E-state index in [1.807, 2.05) is 19.1 Å². The standard InChI is InChI=1S/C22H26N4O4S2/c1-4-9-24(10-5-2)19-15(20(29)26-13-14(3)6-7-17(26)23-19)12-16-21(30)25(22(31)32-16)11-8-18(27)28/h6-7,12-13H,4-5,8-11H2,1-3H3,(H,27,28). The van der Waals surface area contributed by atoms with Gasteiger partial charge < -0.3 is 10.0 Å². The van der Waals surface area contributed by atoms with Gasteiger partial charge in [-0.1, -0.05) is 43.9 Å². The molecule has 1 N–H and O–H groups in total. The zero-order valence-electron chi connectivity index (χ0n) is 18.3. The minimum absolute atomic E-state index is 0.00383. The number of anilines is 1. The number of hydrogen-bond acceptors (Lipinski definition) is 7. The van der Waals surface area contributed by atoms with Crippen LogP contribution in [0.15, 0.2) is 28.0 Å². The van der Waals surface area contributed by atoms with Gasteiger partial charge in [0.15, 0.2) is 0 Å². The fourth-order valence-electron chi connectivity index (χ4n) is 3.51. The van der Waals surface area contributed by atoms with Crippen molar-refractivity contribution in [1.29, 1.82) is 0 Å². The van der Waals surface area contributed by atoms with Crippen molar-refractivity contribution in [3.05, 3.63) is 44.7 Å². The number of aromatic nitrogens is 2. The van der Waals surface area contributed by atoms with Gasteiger partial charge in [-0.25, -0.2) is 4.98 Å². The lowest BCUT2D eigenvalue weighted by molar-refractivity contribution is -0.137.